The van der Waals surface area contributed by atoms with Gasteiger partial charge in [0.25, 0.3) is 0 Å². The number of carboxylic acids is 1. The summed E-state index contributed by atoms with van der Waals surface area (Å²) in [6, 6.07) is 12.0. The monoisotopic (exact) mass is 184 g/mol. The van der Waals surface area contributed by atoms with Crippen LogP contribution in [0.25, 0.3) is 0 Å². The zero-order valence-electron chi connectivity index (χ0n) is 7.90. The van der Waals surface area contributed by atoms with E-state index in [4.69, 9.17) is 5.11 Å². The van der Waals surface area contributed by atoms with Crippen molar-refractivity contribution in [1.29, 1.82) is 0 Å². The van der Waals surface area contributed by atoms with Crippen molar-refractivity contribution in [1.82, 2.24) is 0 Å². The number of carbonyl (C=O) groups is 1. The molecule has 1 aromatic rings. The number of rotatable bonds is 1. The second kappa shape index (κ2) is 8.74. The third-order valence-corrected chi connectivity index (χ3v) is 1.16. The number of aliphatic carboxylic acids is 1. The Bertz CT molecular complexity index is 180. The Balaban J connectivity index is 0. The molecule has 0 aliphatic rings. The lowest BCUT2D eigenvalue weighted by molar-refractivity contribution is -0.140. The average molecular weight is 184 g/mol. The minimum atomic E-state index is -0.741. The molecule has 74 valence electrons. The van der Waals surface area contributed by atoms with Crippen molar-refractivity contribution < 1.29 is 15.4 Å². The molecule has 0 atom stereocenters. The molecule has 0 aliphatic heterocycles. The highest BCUT2D eigenvalue weighted by atomic mass is 16.4. The van der Waals surface area contributed by atoms with Gasteiger partial charge in [-0.05, 0) is 0 Å². The third kappa shape index (κ3) is 10.7. The summed E-state index contributed by atoms with van der Waals surface area (Å²) in [6.07, 6.45) is 0. The van der Waals surface area contributed by atoms with E-state index in [2.05, 4.69) is 0 Å². The van der Waals surface area contributed by atoms with Crippen molar-refractivity contribution >= 4 is 5.97 Å². The van der Waals surface area contributed by atoms with Gasteiger partial charge in [0, 0.05) is 0 Å². The molecular formula is C10H16O3. The van der Waals surface area contributed by atoms with E-state index in [-0.39, 0.29) is 11.4 Å². The highest BCUT2D eigenvalue weighted by Crippen LogP contribution is 1.87. The molecule has 0 spiro atoms. The molecule has 0 bridgehead atoms. The molecule has 0 saturated carbocycles. The van der Waals surface area contributed by atoms with Gasteiger partial charge in [-0.2, -0.15) is 0 Å². The average Bonchev–Trinajstić information content (AvgIpc) is 2.08. The Labute approximate surface area is 78.3 Å². The normalized spacial score (nSPS) is 7.92. The molecular weight excluding hydrogens is 168 g/mol. The van der Waals surface area contributed by atoms with E-state index in [1.54, 1.807) is 13.8 Å². The van der Waals surface area contributed by atoms with Crippen molar-refractivity contribution in [2.45, 2.75) is 13.8 Å². The summed E-state index contributed by atoms with van der Waals surface area (Å²) in [7, 11) is 0. The van der Waals surface area contributed by atoms with Gasteiger partial charge in [0.2, 0.25) is 0 Å². The lowest BCUT2D eigenvalue weighted by atomic mass is 10.2. The topological polar surface area (TPSA) is 68.8 Å². The molecule has 3 nitrogen and oxygen atoms in total. The third-order valence-electron chi connectivity index (χ3n) is 1.16. The number of carboxylic acid groups (broad SMARTS) is 1. The van der Waals surface area contributed by atoms with E-state index in [9.17, 15) is 4.79 Å². The molecule has 0 aromatic heterocycles. The predicted molar refractivity (Wildman–Crippen MR) is 52.5 cm³/mol. The fourth-order valence-corrected chi connectivity index (χ4v) is 0.385. The van der Waals surface area contributed by atoms with E-state index in [1.165, 1.54) is 0 Å². The van der Waals surface area contributed by atoms with Gasteiger partial charge in [-0.15, -0.1) is 0 Å². The summed E-state index contributed by atoms with van der Waals surface area (Å²) in [6.45, 7) is 3.28. The molecule has 3 N–H and O–H groups in total. The molecule has 3 heteroatoms. The second-order valence-electron chi connectivity index (χ2n) is 2.65. The maximum atomic E-state index is 9.70. The van der Waals surface area contributed by atoms with Crippen LogP contribution in [0.4, 0.5) is 0 Å². The zero-order chi connectivity index (χ0) is 9.40. The first kappa shape index (κ1) is 14.2. The van der Waals surface area contributed by atoms with Crippen molar-refractivity contribution in [3.8, 4) is 0 Å². The Morgan fingerprint density at radius 2 is 1.15 bits per heavy atom. The van der Waals surface area contributed by atoms with E-state index >= 15 is 0 Å². The van der Waals surface area contributed by atoms with Crippen molar-refractivity contribution in [2.24, 2.45) is 5.92 Å². The van der Waals surface area contributed by atoms with Gasteiger partial charge in [0.15, 0.2) is 0 Å². The van der Waals surface area contributed by atoms with Crippen LogP contribution >= 0.6 is 0 Å². The van der Waals surface area contributed by atoms with Gasteiger partial charge in [0.05, 0.1) is 5.92 Å². The van der Waals surface area contributed by atoms with E-state index in [0.29, 0.717) is 0 Å². The first-order valence-corrected chi connectivity index (χ1v) is 3.87. The Hall–Kier alpha value is -1.35. The second-order valence-corrected chi connectivity index (χ2v) is 2.65. The highest BCUT2D eigenvalue weighted by Gasteiger charge is 1.99. The van der Waals surface area contributed by atoms with Crippen LogP contribution in [0.1, 0.15) is 13.8 Å². The van der Waals surface area contributed by atoms with Crippen LogP contribution in [0.15, 0.2) is 36.4 Å². The molecule has 0 radical (unpaired) electrons. The summed E-state index contributed by atoms with van der Waals surface area (Å²) in [4.78, 5) is 9.70. The minimum absolute atomic E-state index is 0. The molecule has 0 unspecified atom stereocenters. The van der Waals surface area contributed by atoms with Gasteiger partial charge in [-0.3, -0.25) is 4.79 Å². The molecule has 0 amide bonds. The summed E-state index contributed by atoms with van der Waals surface area (Å²) in [5.41, 5.74) is 0. The summed E-state index contributed by atoms with van der Waals surface area (Å²) >= 11 is 0. The van der Waals surface area contributed by atoms with E-state index in [0.717, 1.165) is 0 Å². The van der Waals surface area contributed by atoms with Gasteiger partial charge in [0.1, 0.15) is 0 Å². The fraction of sp³-hybridized carbons (Fsp3) is 0.300. The van der Waals surface area contributed by atoms with E-state index in [1.807, 2.05) is 36.4 Å². The summed E-state index contributed by atoms with van der Waals surface area (Å²) in [5, 5.41) is 7.99. The van der Waals surface area contributed by atoms with Crippen LogP contribution in [0.2, 0.25) is 0 Å². The van der Waals surface area contributed by atoms with Crippen LogP contribution in [0.3, 0.4) is 0 Å². The fourth-order valence-electron chi connectivity index (χ4n) is 0.385. The van der Waals surface area contributed by atoms with Crippen LogP contribution < -0.4 is 0 Å². The SMILES string of the molecule is CC(C)C(=O)O.O.c1ccccc1. The Morgan fingerprint density at radius 1 is 1.00 bits per heavy atom. The molecule has 0 saturated heterocycles. The van der Waals surface area contributed by atoms with Crippen LogP contribution in [-0.4, -0.2) is 16.6 Å². The first-order chi connectivity index (χ1) is 5.64. The van der Waals surface area contributed by atoms with Crippen LogP contribution in [0, 0.1) is 5.92 Å². The lowest BCUT2D eigenvalue weighted by Crippen LogP contribution is -2.03. The molecule has 0 aliphatic carbocycles. The van der Waals surface area contributed by atoms with Crippen molar-refractivity contribution in [3.05, 3.63) is 36.4 Å². The van der Waals surface area contributed by atoms with Gasteiger partial charge in [-0.1, -0.05) is 50.2 Å². The van der Waals surface area contributed by atoms with E-state index < -0.39 is 5.97 Å². The molecule has 13 heavy (non-hydrogen) atoms. The van der Waals surface area contributed by atoms with Gasteiger partial charge < -0.3 is 10.6 Å². The summed E-state index contributed by atoms with van der Waals surface area (Å²) < 4.78 is 0. The lowest BCUT2D eigenvalue weighted by Gasteiger charge is -1.89. The maximum Gasteiger partial charge on any atom is 0.305 e. The number of hydrogen-bond donors (Lipinski definition) is 1. The number of benzene rings is 1. The van der Waals surface area contributed by atoms with Crippen LogP contribution in [0.5, 0.6) is 0 Å². The summed E-state index contributed by atoms with van der Waals surface area (Å²) in [5.74, 6) is -0.972. The van der Waals surface area contributed by atoms with Gasteiger partial charge >= 0.3 is 5.97 Å². The quantitative estimate of drug-likeness (QED) is 0.720. The molecule has 1 aromatic carbocycles. The molecule has 0 heterocycles. The Kier molecular flexibility index (Phi) is 9.54. The van der Waals surface area contributed by atoms with Crippen LogP contribution in [-0.2, 0) is 4.79 Å². The van der Waals surface area contributed by atoms with Gasteiger partial charge in [-0.25, -0.2) is 0 Å². The zero-order valence-corrected chi connectivity index (χ0v) is 7.90. The molecule has 1 rings (SSSR count). The standard InChI is InChI=1S/C6H6.C4H8O2.H2O/c1-2-4-6-5-3-1;1-3(2)4(5)6;/h1-6H;3H,1-2H3,(H,5,6);1H2. The molecule has 0 fully saturated rings. The largest absolute Gasteiger partial charge is 0.481 e. The van der Waals surface area contributed by atoms with Crippen molar-refractivity contribution in [3.63, 3.8) is 0 Å². The minimum Gasteiger partial charge on any atom is -0.481 e. The van der Waals surface area contributed by atoms with Crippen molar-refractivity contribution in [2.75, 3.05) is 0 Å². The first-order valence-electron chi connectivity index (χ1n) is 3.87. The highest BCUT2D eigenvalue weighted by molar-refractivity contribution is 5.68. The predicted octanol–water partition coefficient (Wildman–Crippen LogP) is 1.59. The Morgan fingerprint density at radius 3 is 1.23 bits per heavy atom. The number of hydrogen-bond acceptors (Lipinski definition) is 1. The smallest absolute Gasteiger partial charge is 0.305 e. The maximum absolute atomic E-state index is 9.70.